The molecular weight excluding hydrogens is 306 g/mol. The molecule has 0 saturated heterocycles. The van der Waals surface area contributed by atoms with Gasteiger partial charge in [-0.2, -0.15) is 0 Å². The molecule has 4 heteroatoms. The molecule has 1 amide bonds. The number of carbonyl (C=O) groups is 1. The molecule has 3 nitrogen and oxygen atoms in total. The van der Waals surface area contributed by atoms with Gasteiger partial charge in [-0.25, -0.2) is 0 Å². The first-order valence-electron chi connectivity index (χ1n) is 8.82. The van der Waals surface area contributed by atoms with Crippen LogP contribution >= 0.6 is 11.8 Å². The van der Waals surface area contributed by atoms with Crippen LogP contribution in [0.3, 0.4) is 0 Å². The highest BCUT2D eigenvalue weighted by Crippen LogP contribution is 2.42. The lowest BCUT2D eigenvalue weighted by atomic mass is 9.91. The zero-order valence-electron chi connectivity index (χ0n) is 14.6. The fourth-order valence-electron chi connectivity index (χ4n) is 3.12. The van der Waals surface area contributed by atoms with Gasteiger partial charge >= 0.3 is 0 Å². The predicted molar refractivity (Wildman–Crippen MR) is 98.4 cm³/mol. The third-order valence-corrected chi connectivity index (χ3v) is 6.02. The van der Waals surface area contributed by atoms with Gasteiger partial charge in [0.1, 0.15) is 5.75 Å². The Labute approximate surface area is 144 Å². The van der Waals surface area contributed by atoms with Gasteiger partial charge in [-0.3, -0.25) is 4.79 Å². The Bertz CT molecular complexity index is 518. The van der Waals surface area contributed by atoms with E-state index in [4.69, 9.17) is 4.74 Å². The number of unbranched alkanes of at least 4 members (excludes halogenated alkanes) is 2. The van der Waals surface area contributed by atoms with Gasteiger partial charge in [0, 0.05) is 22.6 Å². The first kappa shape index (κ1) is 18.2. The van der Waals surface area contributed by atoms with Gasteiger partial charge in [-0.1, -0.05) is 39.5 Å². The zero-order chi connectivity index (χ0) is 16.7. The number of ether oxygens (including phenoxy) is 1. The van der Waals surface area contributed by atoms with Crippen molar-refractivity contribution < 1.29 is 9.53 Å². The molecule has 2 atom stereocenters. The number of thioether (sulfide) groups is 1. The molecule has 1 heterocycles. The fraction of sp³-hybridized carbons (Fsp3) is 0.632. The third kappa shape index (κ3) is 5.17. The highest BCUT2D eigenvalue weighted by atomic mass is 32.2. The van der Waals surface area contributed by atoms with E-state index in [0.717, 1.165) is 17.9 Å². The summed E-state index contributed by atoms with van der Waals surface area (Å²) in [5, 5.41) is 3.61. The Hall–Kier alpha value is -1.16. The summed E-state index contributed by atoms with van der Waals surface area (Å²) in [6, 6.07) is 6.00. The first-order chi connectivity index (χ1) is 11.2. The van der Waals surface area contributed by atoms with Crippen molar-refractivity contribution in [2.75, 3.05) is 12.4 Å². The second-order valence-electron chi connectivity index (χ2n) is 6.32. The van der Waals surface area contributed by atoms with Crippen molar-refractivity contribution in [1.29, 1.82) is 0 Å². The minimum Gasteiger partial charge on any atom is -0.497 e. The summed E-state index contributed by atoms with van der Waals surface area (Å²) in [5.74, 6) is 1.40. The molecule has 0 bridgehead atoms. The molecule has 0 radical (unpaired) electrons. The predicted octanol–water partition coefficient (Wildman–Crippen LogP) is 5.49. The van der Waals surface area contributed by atoms with E-state index in [-0.39, 0.29) is 5.91 Å². The van der Waals surface area contributed by atoms with E-state index >= 15 is 0 Å². The van der Waals surface area contributed by atoms with Gasteiger partial charge in [0.25, 0.3) is 0 Å². The summed E-state index contributed by atoms with van der Waals surface area (Å²) < 4.78 is 5.29. The Morgan fingerprint density at radius 2 is 1.96 bits per heavy atom. The van der Waals surface area contributed by atoms with Crippen LogP contribution in [0.15, 0.2) is 23.1 Å². The van der Waals surface area contributed by atoms with Gasteiger partial charge < -0.3 is 10.1 Å². The third-order valence-electron chi connectivity index (χ3n) is 4.48. The smallest absolute Gasteiger partial charge is 0.224 e. The van der Waals surface area contributed by atoms with E-state index in [0.29, 0.717) is 17.6 Å². The van der Waals surface area contributed by atoms with Crippen LogP contribution in [0.5, 0.6) is 5.75 Å². The maximum Gasteiger partial charge on any atom is 0.224 e. The molecular formula is C19H29NO2S. The molecule has 2 unspecified atom stereocenters. The topological polar surface area (TPSA) is 38.3 Å². The van der Waals surface area contributed by atoms with Crippen LogP contribution in [-0.2, 0) is 4.79 Å². The quantitative estimate of drug-likeness (QED) is 0.715. The number of hydrogen-bond acceptors (Lipinski definition) is 3. The molecule has 0 aromatic heterocycles. The van der Waals surface area contributed by atoms with E-state index in [2.05, 4.69) is 25.2 Å². The highest BCUT2D eigenvalue weighted by molar-refractivity contribution is 8.00. The summed E-state index contributed by atoms with van der Waals surface area (Å²) in [5.41, 5.74) is 0.898. The summed E-state index contributed by atoms with van der Waals surface area (Å²) in [7, 11) is 1.66. The minimum absolute atomic E-state index is 0.141. The Kier molecular flexibility index (Phi) is 7.28. The van der Waals surface area contributed by atoms with Crippen LogP contribution in [0.25, 0.3) is 0 Å². The maximum absolute atomic E-state index is 12.4. The number of amides is 1. The molecule has 1 N–H and O–H groups in total. The largest absolute Gasteiger partial charge is 0.497 e. The van der Waals surface area contributed by atoms with Crippen molar-refractivity contribution in [3.8, 4) is 5.75 Å². The van der Waals surface area contributed by atoms with Crippen molar-refractivity contribution in [2.45, 2.75) is 68.9 Å². The van der Waals surface area contributed by atoms with E-state index < -0.39 is 0 Å². The van der Waals surface area contributed by atoms with Crippen LogP contribution in [-0.4, -0.2) is 18.3 Å². The van der Waals surface area contributed by atoms with E-state index in [9.17, 15) is 4.79 Å². The van der Waals surface area contributed by atoms with Crippen LogP contribution in [0.4, 0.5) is 5.69 Å². The number of benzene rings is 1. The molecule has 1 aliphatic rings. The van der Waals surface area contributed by atoms with Crippen molar-refractivity contribution in [1.82, 2.24) is 0 Å². The van der Waals surface area contributed by atoms with Crippen molar-refractivity contribution >= 4 is 23.4 Å². The number of rotatable bonds is 7. The van der Waals surface area contributed by atoms with Gasteiger partial charge in [0.2, 0.25) is 5.91 Å². The normalized spacial score (nSPS) is 21.1. The number of methoxy groups -OCH3 is 1. The molecule has 0 saturated carbocycles. The van der Waals surface area contributed by atoms with E-state index in [1.807, 2.05) is 23.9 Å². The van der Waals surface area contributed by atoms with Crippen LogP contribution in [0.2, 0.25) is 0 Å². The lowest BCUT2D eigenvalue weighted by Gasteiger charge is -2.30. The molecule has 1 aliphatic heterocycles. The van der Waals surface area contributed by atoms with E-state index in [1.54, 1.807) is 7.11 Å². The number of carbonyl (C=O) groups excluding carboxylic acids is 1. The molecule has 2 rings (SSSR count). The van der Waals surface area contributed by atoms with Crippen molar-refractivity contribution in [2.24, 2.45) is 5.92 Å². The molecule has 23 heavy (non-hydrogen) atoms. The lowest BCUT2D eigenvalue weighted by molar-refractivity contribution is -0.117. The van der Waals surface area contributed by atoms with Gasteiger partial charge in [0.05, 0.1) is 12.8 Å². The standard InChI is InChI=1S/C19H29NO2S/c1-4-6-8-14-12-19(21)20-16-13-15(22-3)10-11-18(16)23-17(14)9-7-5-2/h10-11,13-14,17H,4-9,12H2,1-3H3,(H,20,21). The van der Waals surface area contributed by atoms with Gasteiger partial charge in [0.15, 0.2) is 0 Å². The first-order valence-corrected chi connectivity index (χ1v) is 9.70. The number of nitrogens with one attached hydrogen (secondary N) is 1. The highest BCUT2D eigenvalue weighted by Gasteiger charge is 2.28. The van der Waals surface area contributed by atoms with Crippen LogP contribution < -0.4 is 10.1 Å². The SMILES string of the molecule is CCCCC1CC(=O)Nc2cc(OC)ccc2SC1CCCC. The molecule has 1 aromatic rings. The lowest BCUT2D eigenvalue weighted by Crippen LogP contribution is -2.27. The van der Waals surface area contributed by atoms with Gasteiger partial charge in [-0.15, -0.1) is 11.8 Å². The van der Waals surface area contributed by atoms with Crippen LogP contribution in [0.1, 0.15) is 58.8 Å². The second kappa shape index (κ2) is 9.21. The molecule has 0 fully saturated rings. The molecule has 0 spiro atoms. The fourth-order valence-corrected chi connectivity index (χ4v) is 4.54. The Balaban J connectivity index is 2.25. The number of anilines is 1. The van der Waals surface area contributed by atoms with Crippen molar-refractivity contribution in [3.63, 3.8) is 0 Å². The summed E-state index contributed by atoms with van der Waals surface area (Å²) >= 11 is 1.94. The monoisotopic (exact) mass is 335 g/mol. The second-order valence-corrected chi connectivity index (χ2v) is 7.60. The summed E-state index contributed by atoms with van der Waals surface area (Å²) in [6.45, 7) is 4.46. The number of fused-ring (bicyclic) bond motifs is 1. The summed E-state index contributed by atoms with van der Waals surface area (Å²) in [6.07, 6.45) is 7.81. The maximum atomic E-state index is 12.4. The molecule has 1 aromatic carbocycles. The zero-order valence-corrected chi connectivity index (χ0v) is 15.4. The van der Waals surface area contributed by atoms with Gasteiger partial charge in [-0.05, 0) is 30.9 Å². The Morgan fingerprint density at radius 3 is 2.65 bits per heavy atom. The molecule has 128 valence electrons. The Morgan fingerprint density at radius 1 is 1.22 bits per heavy atom. The molecule has 0 aliphatic carbocycles. The minimum atomic E-state index is 0.141. The van der Waals surface area contributed by atoms with E-state index in [1.165, 1.54) is 37.0 Å². The average Bonchev–Trinajstić information content (AvgIpc) is 2.55. The number of hydrogen-bond donors (Lipinski definition) is 1. The summed E-state index contributed by atoms with van der Waals surface area (Å²) in [4.78, 5) is 13.6. The van der Waals surface area contributed by atoms with Crippen molar-refractivity contribution in [3.05, 3.63) is 18.2 Å². The average molecular weight is 336 g/mol. The van der Waals surface area contributed by atoms with Crippen LogP contribution in [0, 0.1) is 5.92 Å².